The zero-order valence-corrected chi connectivity index (χ0v) is 6.89. The highest BCUT2D eigenvalue weighted by Crippen LogP contribution is 2.37. The van der Waals surface area contributed by atoms with Gasteiger partial charge in [0.15, 0.2) is 12.3 Å². The molecule has 1 saturated carbocycles. The van der Waals surface area contributed by atoms with Gasteiger partial charge in [-0.3, -0.25) is 0 Å². The summed E-state index contributed by atoms with van der Waals surface area (Å²) in [4.78, 5) is 0. The zero-order valence-electron chi connectivity index (χ0n) is 6.89. The van der Waals surface area contributed by atoms with E-state index in [2.05, 4.69) is 5.32 Å². The normalized spacial score (nSPS) is 56.3. The smallest absolute Gasteiger partial charge is 0.167 e. The van der Waals surface area contributed by atoms with Crippen molar-refractivity contribution in [2.24, 2.45) is 5.92 Å². The molecule has 0 amide bonds. The summed E-state index contributed by atoms with van der Waals surface area (Å²) in [6, 6.07) is -0.836. The fourth-order valence-electron chi connectivity index (χ4n) is 2.24. The van der Waals surface area contributed by atoms with Gasteiger partial charge in [0.25, 0.3) is 0 Å². The van der Waals surface area contributed by atoms with E-state index in [9.17, 15) is 17.6 Å². The van der Waals surface area contributed by atoms with Crippen LogP contribution >= 0.6 is 0 Å². The average Bonchev–Trinajstić information content (AvgIpc) is 2.59. The van der Waals surface area contributed by atoms with E-state index >= 15 is 0 Å². The molecule has 2 aliphatic rings. The molecular formula is C8H11F4N. The molecule has 2 rings (SSSR count). The Labute approximate surface area is 73.5 Å². The van der Waals surface area contributed by atoms with Crippen molar-refractivity contribution in [2.75, 3.05) is 6.54 Å². The van der Waals surface area contributed by atoms with Gasteiger partial charge in [0, 0.05) is 12.0 Å². The standard InChI is InChI=1S/C8H11F4N/c9-4-3-1-2-13-8(3)7(12)6(11)5(4)10/h3-8,13H,1-2H2. The third-order valence-electron chi connectivity index (χ3n) is 2.98. The lowest BCUT2D eigenvalue weighted by Crippen LogP contribution is -2.56. The highest BCUT2D eigenvalue weighted by Gasteiger charge is 2.54. The minimum atomic E-state index is -2.32. The molecule has 1 N–H and O–H groups in total. The Morgan fingerprint density at radius 2 is 1.46 bits per heavy atom. The van der Waals surface area contributed by atoms with E-state index in [0.29, 0.717) is 13.0 Å². The fraction of sp³-hybridized carbons (Fsp3) is 1.00. The van der Waals surface area contributed by atoms with Crippen molar-refractivity contribution in [1.82, 2.24) is 5.32 Å². The van der Waals surface area contributed by atoms with Gasteiger partial charge in [-0.1, -0.05) is 0 Å². The number of halogens is 4. The summed E-state index contributed by atoms with van der Waals surface area (Å²) < 4.78 is 51.9. The highest BCUT2D eigenvalue weighted by atomic mass is 19.2. The van der Waals surface area contributed by atoms with Gasteiger partial charge >= 0.3 is 0 Å². The van der Waals surface area contributed by atoms with Gasteiger partial charge < -0.3 is 5.32 Å². The Hall–Kier alpha value is -0.320. The maximum absolute atomic E-state index is 13.1. The van der Waals surface area contributed by atoms with Crippen molar-refractivity contribution < 1.29 is 17.6 Å². The molecule has 6 unspecified atom stereocenters. The first-order valence-corrected chi connectivity index (χ1v) is 4.42. The molecule has 5 heteroatoms. The molecule has 2 fully saturated rings. The lowest BCUT2D eigenvalue weighted by Gasteiger charge is -2.36. The highest BCUT2D eigenvalue weighted by molar-refractivity contribution is 5.05. The predicted octanol–water partition coefficient (Wildman–Crippen LogP) is 1.33. The SMILES string of the molecule is FC1C(F)C(F)C2NCCC2C1F. The molecule has 1 heterocycles. The molecule has 0 aromatic rings. The molecular weight excluding hydrogens is 186 g/mol. The summed E-state index contributed by atoms with van der Waals surface area (Å²) in [5, 5.41) is 2.67. The molecule has 1 saturated heterocycles. The number of fused-ring (bicyclic) bond motifs is 1. The van der Waals surface area contributed by atoms with Crippen molar-refractivity contribution in [3.05, 3.63) is 0 Å². The Bertz CT molecular complexity index is 181. The maximum atomic E-state index is 13.1. The molecule has 0 radical (unpaired) electrons. The van der Waals surface area contributed by atoms with Crippen molar-refractivity contribution in [1.29, 1.82) is 0 Å². The summed E-state index contributed by atoms with van der Waals surface area (Å²) in [5.74, 6) is -0.697. The first-order valence-electron chi connectivity index (χ1n) is 4.42. The van der Waals surface area contributed by atoms with Crippen LogP contribution in [-0.4, -0.2) is 37.3 Å². The van der Waals surface area contributed by atoms with Gasteiger partial charge in [-0.25, -0.2) is 17.6 Å². The predicted molar refractivity (Wildman–Crippen MR) is 39.5 cm³/mol. The van der Waals surface area contributed by atoms with Crippen molar-refractivity contribution >= 4 is 0 Å². The molecule has 6 atom stereocenters. The van der Waals surface area contributed by atoms with Crippen molar-refractivity contribution in [3.8, 4) is 0 Å². The topological polar surface area (TPSA) is 12.0 Å². The summed E-state index contributed by atoms with van der Waals surface area (Å²) in [6.07, 6.45) is -7.99. The largest absolute Gasteiger partial charge is 0.311 e. The molecule has 13 heavy (non-hydrogen) atoms. The molecule has 1 aliphatic carbocycles. The molecule has 0 bridgehead atoms. The average molecular weight is 197 g/mol. The second-order valence-corrected chi connectivity index (χ2v) is 3.71. The van der Waals surface area contributed by atoms with Crippen molar-refractivity contribution in [2.45, 2.75) is 37.1 Å². The Morgan fingerprint density at radius 3 is 2.15 bits per heavy atom. The molecule has 0 aromatic heterocycles. The van der Waals surface area contributed by atoms with E-state index in [1.807, 2.05) is 0 Å². The fourth-order valence-corrected chi connectivity index (χ4v) is 2.24. The Kier molecular flexibility index (Phi) is 2.21. The quantitative estimate of drug-likeness (QED) is 0.578. The molecule has 0 aromatic carbocycles. The third kappa shape index (κ3) is 1.24. The third-order valence-corrected chi connectivity index (χ3v) is 2.98. The summed E-state index contributed by atoms with van der Waals surface area (Å²) >= 11 is 0. The van der Waals surface area contributed by atoms with Crippen LogP contribution < -0.4 is 5.32 Å². The number of alkyl halides is 4. The van der Waals surface area contributed by atoms with Crippen LogP contribution in [0.3, 0.4) is 0 Å². The van der Waals surface area contributed by atoms with E-state index in [0.717, 1.165) is 0 Å². The Morgan fingerprint density at radius 1 is 0.846 bits per heavy atom. The Balaban J connectivity index is 2.19. The van der Waals surface area contributed by atoms with Gasteiger partial charge in [0.1, 0.15) is 12.3 Å². The monoisotopic (exact) mass is 197 g/mol. The number of hydrogen-bond acceptors (Lipinski definition) is 1. The summed E-state index contributed by atoms with van der Waals surface area (Å²) in [7, 11) is 0. The maximum Gasteiger partial charge on any atom is 0.167 e. The zero-order chi connectivity index (χ0) is 9.59. The molecule has 1 nitrogen and oxygen atoms in total. The summed E-state index contributed by atoms with van der Waals surface area (Å²) in [5.41, 5.74) is 0. The second-order valence-electron chi connectivity index (χ2n) is 3.71. The minimum Gasteiger partial charge on any atom is -0.311 e. The van der Waals surface area contributed by atoms with E-state index in [1.54, 1.807) is 0 Å². The van der Waals surface area contributed by atoms with E-state index in [4.69, 9.17) is 0 Å². The van der Waals surface area contributed by atoms with Gasteiger partial charge in [-0.05, 0) is 13.0 Å². The minimum absolute atomic E-state index is 0.388. The summed E-state index contributed by atoms with van der Waals surface area (Å²) in [6.45, 7) is 0.440. The van der Waals surface area contributed by atoms with Crippen LogP contribution in [0.1, 0.15) is 6.42 Å². The molecule has 0 spiro atoms. The van der Waals surface area contributed by atoms with E-state index < -0.39 is 36.6 Å². The van der Waals surface area contributed by atoms with Crippen LogP contribution in [0, 0.1) is 5.92 Å². The van der Waals surface area contributed by atoms with Crippen LogP contribution in [0.2, 0.25) is 0 Å². The van der Waals surface area contributed by atoms with Crippen LogP contribution in [0.25, 0.3) is 0 Å². The first kappa shape index (κ1) is 9.24. The molecule has 1 aliphatic heterocycles. The van der Waals surface area contributed by atoms with Gasteiger partial charge in [-0.2, -0.15) is 0 Å². The van der Waals surface area contributed by atoms with Crippen LogP contribution in [0.4, 0.5) is 17.6 Å². The van der Waals surface area contributed by atoms with Crippen LogP contribution in [0.5, 0.6) is 0 Å². The van der Waals surface area contributed by atoms with Crippen LogP contribution in [-0.2, 0) is 0 Å². The van der Waals surface area contributed by atoms with Gasteiger partial charge in [0.2, 0.25) is 0 Å². The van der Waals surface area contributed by atoms with Gasteiger partial charge in [-0.15, -0.1) is 0 Å². The van der Waals surface area contributed by atoms with Crippen molar-refractivity contribution in [3.63, 3.8) is 0 Å². The second kappa shape index (κ2) is 3.12. The first-order chi connectivity index (χ1) is 6.13. The number of nitrogens with one attached hydrogen (secondary N) is 1. The number of rotatable bonds is 0. The number of hydrogen-bond donors (Lipinski definition) is 1. The lowest BCUT2D eigenvalue weighted by atomic mass is 9.80. The lowest BCUT2D eigenvalue weighted by molar-refractivity contribution is -0.0493. The molecule has 76 valence electrons. The van der Waals surface area contributed by atoms with E-state index in [-0.39, 0.29) is 0 Å². The van der Waals surface area contributed by atoms with E-state index in [1.165, 1.54) is 0 Å². The van der Waals surface area contributed by atoms with Gasteiger partial charge in [0.05, 0.1) is 0 Å². The van der Waals surface area contributed by atoms with Crippen LogP contribution in [0.15, 0.2) is 0 Å².